The van der Waals surface area contributed by atoms with E-state index in [1.165, 1.54) is 112 Å². The van der Waals surface area contributed by atoms with E-state index in [0.717, 1.165) is 163 Å². The van der Waals surface area contributed by atoms with Crippen molar-refractivity contribution in [1.82, 2.24) is 25.2 Å². The first kappa shape index (κ1) is 95.0. The fraction of sp³-hybridized carbons (Fsp3) is 0.396. The number of thiocarbonyl (C=S) groups is 2. The highest BCUT2D eigenvalue weighted by Crippen LogP contribution is 2.54. The number of thiazole rings is 1. The molecule has 5 atom stereocenters. The second-order valence-corrected chi connectivity index (χ2v) is 38.9. The molecule has 3 amide bonds. The van der Waals surface area contributed by atoms with Gasteiger partial charge in [0.25, 0.3) is 17.4 Å². The highest BCUT2D eigenvalue weighted by Gasteiger charge is 2.44. The van der Waals surface area contributed by atoms with Gasteiger partial charge < -0.3 is 28.7 Å². The number of thioether (sulfide) groups is 2. The number of unbranched alkanes of at least 4 members (excludes halogenated alkanes) is 14. The van der Waals surface area contributed by atoms with Gasteiger partial charge >= 0.3 is 11.9 Å². The number of nitrogens with zero attached hydrogens (tertiary/aromatic N) is 7. The van der Waals surface area contributed by atoms with Gasteiger partial charge in [0.1, 0.15) is 36.3 Å². The maximum atomic E-state index is 14.7. The van der Waals surface area contributed by atoms with Crippen LogP contribution >= 0.6 is 59.3 Å². The highest BCUT2D eigenvalue weighted by molar-refractivity contribution is 8.30. The number of anilines is 4. The summed E-state index contributed by atoms with van der Waals surface area (Å²) >= 11 is 15.0. The van der Waals surface area contributed by atoms with Crippen LogP contribution in [0.15, 0.2) is 192 Å². The van der Waals surface area contributed by atoms with Crippen molar-refractivity contribution < 1.29 is 56.9 Å². The largest absolute Gasteiger partial charge is 0.494 e. The van der Waals surface area contributed by atoms with Gasteiger partial charge in [-0.25, -0.2) is 4.57 Å². The van der Waals surface area contributed by atoms with Gasteiger partial charge in [-0.15, -0.1) is 11.3 Å². The zero-order valence-electron chi connectivity index (χ0n) is 75.7. The number of hydrogen-bond donors (Lipinski definition) is 2. The molecule has 2 saturated carbocycles. The number of benzene rings is 6. The summed E-state index contributed by atoms with van der Waals surface area (Å²) in [5.41, 5.74) is 18.3. The van der Waals surface area contributed by atoms with E-state index in [0.29, 0.717) is 110 Å². The third-order valence-electron chi connectivity index (χ3n) is 25.5. The minimum Gasteiger partial charge on any atom is -0.494 e. The van der Waals surface area contributed by atoms with Gasteiger partial charge in [-0.3, -0.25) is 53.3 Å². The summed E-state index contributed by atoms with van der Waals surface area (Å²) in [5, 5.41) is 3.09. The Hall–Kier alpha value is -10.6. The van der Waals surface area contributed by atoms with Crippen molar-refractivity contribution in [2.45, 2.75) is 218 Å². The summed E-state index contributed by atoms with van der Waals surface area (Å²) in [6.07, 6.45) is 45.4. The average Bonchev–Trinajstić information content (AvgIpc) is 1.62. The molecule has 2 saturated heterocycles. The molecule has 4 aliphatic heterocycles. The number of nitrogens with one attached hydrogen (secondary N) is 2. The van der Waals surface area contributed by atoms with E-state index in [2.05, 4.69) is 177 Å². The lowest BCUT2D eigenvalue weighted by Crippen LogP contribution is -2.49. The number of hydrogen-bond acceptors (Lipinski definition) is 19. The summed E-state index contributed by atoms with van der Waals surface area (Å²) in [4.78, 5) is 94.4. The molecule has 9 aromatic rings. The second-order valence-electron chi connectivity index (χ2n) is 34.6. The topological polar surface area (TPSA) is 198 Å². The standard InChI is InChI=1S/C106H120N9O11S5/c1-5-122-98(117)35-19-15-11-7-9-13-17-21-64-124-85-29-23-27-77(67-85)39-37-75-41-47-83(48-42-75)114-91-33-25-31-87(91)89-69-79(45-51-93(89)114)71-95-102(120)113(104(129-95)100-103(121)109(4)105(127)131-100)73-97(116)108-74(3)111-60-55-82(56-61-111)81-53-58-110(59-54-81)62-57-107-126-66-63-112-101(119)96(130-106(112)128)72-80-46-52-94-90(70-80)88-32-26-34-92(88)115(94)84-49-43-76(44-50-84)38-40-78-28-24-30-86(68-78)125-65-22-18-14-10-8-12-16-20-36-99(118)123-6-2/h23-24,27-30,37-56,58-61,67-72,74,87-88,91-92,107H,5-22,25-26,31-36,57,62-66,73H2,1-4H3/q+1/p+1/b39-37+,40-38+,95-71+,96-72+,104-100+. The van der Waals surface area contributed by atoms with E-state index in [1.54, 1.807) is 11.9 Å². The van der Waals surface area contributed by atoms with Gasteiger partial charge in [0.05, 0.1) is 55.6 Å². The van der Waals surface area contributed by atoms with Gasteiger partial charge in [0.2, 0.25) is 12.1 Å². The number of carbonyl (C=O) groups excluding carboxylic acids is 5. The lowest BCUT2D eigenvalue weighted by Gasteiger charge is -2.27. The number of amides is 3. The van der Waals surface area contributed by atoms with E-state index in [9.17, 15) is 28.8 Å². The van der Waals surface area contributed by atoms with Crippen molar-refractivity contribution >= 4 is 162 Å². The molecule has 2 aliphatic carbocycles. The molecule has 2 N–H and O–H groups in total. The molecular formula is C106H121N9O11S5+2. The lowest BCUT2D eigenvalue weighted by molar-refractivity contribution is -0.723. The first-order chi connectivity index (χ1) is 64.0. The number of fused-ring (bicyclic) bond motifs is 6. The molecule has 7 heterocycles. The van der Waals surface area contributed by atoms with Crippen LogP contribution in [-0.2, 0) is 51.4 Å². The molecular weight excluding hydrogens is 1740 g/mol. The third kappa shape index (κ3) is 25.0. The Morgan fingerprint density at radius 2 is 1.02 bits per heavy atom. The molecule has 6 aliphatic rings. The molecule has 684 valence electrons. The Balaban J connectivity index is 0.488. The monoisotopic (exact) mass is 1860 g/mol. The van der Waals surface area contributed by atoms with Crippen molar-refractivity contribution in [3.8, 4) is 22.6 Å². The zero-order chi connectivity index (χ0) is 91.0. The van der Waals surface area contributed by atoms with Crippen molar-refractivity contribution in [3.63, 3.8) is 0 Å². The van der Waals surface area contributed by atoms with E-state index >= 15 is 0 Å². The van der Waals surface area contributed by atoms with Gasteiger partial charge in [0, 0.05) is 97.7 Å². The summed E-state index contributed by atoms with van der Waals surface area (Å²) in [6.45, 7) is 9.30. The Kier molecular flexibility index (Phi) is 34.2. The van der Waals surface area contributed by atoms with Crippen LogP contribution in [0.1, 0.15) is 237 Å². The van der Waals surface area contributed by atoms with E-state index in [4.69, 9.17) is 48.2 Å². The van der Waals surface area contributed by atoms with Crippen LogP contribution in [0.5, 0.6) is 11.5 Å². The smallest absolute Gasteiger partial charge is 0.305 e. The van der Waals surface area contributed by atoms with Crippen LogP contribution in [0.3, 0.4) is 0 Å². The molecule has 4 fully saturated rings. The van der Waals surface area contributed by atoms with Crippen molar-refractivity contribution in [3.05, 3.63) is 251 Å². The summed E-state index contributed by atoms with van der Waals surface area (Å²) in [5.74, 6) is 1.52. The van der Waals surface area contributed by atoms with E-state index in [-0.39, 0.29) is 42.5 Å². The number of hydroxylamine groups is 1. The fourth-order valence-corrected chi connectivity index (χ4v) is 22.4. The second kappa shape index (κ2) is 47.1. The number of aromatic nitrogens is 3. The zero-order valence-corrected chi connectivity index (χ0v) is 79.8. The van der Waals surface area contributed by atoms with Crippen LogP contribution in [0, 0.1) is 0 Å². The molecule has 25 heteroatoms. The van der Waals surface area contributed by atoms with Crippen LogP contribution < -0.4 is 54.0 Å². The first-order valence-corrected chi connectivity index (χ1v) is 50.3. The van der Waals surface area contributed by atoms with Gasteiger partial charge in [-0.05, 0) is 206 Å². The maximum Gasteiger partial charge on any atom is 0.305 e. The number of rotatable bonds is 46. The highest BCUT2D eigenvalue weighted by atomic mass is 32.2. The molecule has 15 rings (SSSR count). The maximum absolute atomic E-state index is 14.7. The SMILES string of the molecule is CCOC(=O)CCCCCCCCCCOc1cccc(/C=C/c2ccc(N3c4ccc(/C=C5/SC(=S)N(CCONCC[n+]6ccc(-c7cc[n+](C(C)NC(=O)Cn8c(=O)/c(=C\c9ccc%10c(c9)C9CCCC9N%10c9ccc(/C=C/c%10cccc(OCCCCCCCCCCC(=O)OCC)c%10)cc9)s/c8=C8/SC(=S)N(C)C8=O)cc7)cc6)C5=O)cc4C4CCCC43)cc2)c1. The number of carbonyl (C=O) groups is 5. The molecule has 131 heavy (non-hydrogen) atoms. The molecule has 5 unspecified atom stereocenters. The van der Waals surface area contributed by atoms with Crippen LogP contribution in [0.4, 0.5) is 22.7 Å². The van der Waals surface area contributed by atoms with Gasteiger partial charge in [-0.1, -0.05) is 223 Å². The van der Waals surface area contributed by atoms with Crippen molar-refractivity contribution in [2.24, 2.45) is 0 Å². The average molecular weight is 1860 g/mol. The van der Waals surface area contributed by atoms with Crippen LogP contribution in [0.2, 0.25) is 0 Å². The van der Waals surface area contributed by atoms with Crippen LogP contribution in [-0.4, -0.2) is 118 Å². The normalized spacial score (nSPS) is 18.0. The predicted molar refractivity (Wildman–Crippen MR) is 536 cm³/mol. The van der Waals surface area contributed by atoms with E-state index in [1.807, 2.05) is 92.6 Å². The molecule has 0 spiro atoms. The van der Waals surface area contributed by atoms with Crippen LogP contribution in [0.25, 0.3) is 52.5 Å². The minimum atomic E-state index is -0.482. The first-order valence-electron chi connectivity index (χ1n) is 47.1. The number of ether oxygens (including phenoxy) is 4. The number of esters is 2. The van der Waals surface area contributed by atoms with Gasteiger partial charge in [-0.2, -0.15) is 10.0 Å². The fourth-order valence-electron chi connectivity index (χ4n) is 18.6. The Morgan fingerprint density at radius 1 is 0.527 bits per heavy atom. The Bertz CT molecular complexity index is 5820. The molecule has 20 nitrogen and oxygen atoms in total. The summed E-state index contributed by atoms with van der Waals surface area (Å²) in [6, 6.07) is 56.1. The Labute approximate surface area is 793 Å². The van der Waals surface area contributed by atoms with Crippen molar-refractivity contribution in [1.29, 1.82) is 0 Å². The van der Waals surface area contributed by atoms with Crippen molar-refractivity contribution in [2.75, 3.05) is 63.0 Å². The Morgan fingerprint density at radius 3 is 1.53 bits per heavy atom. The molecule has 6 aromatic carbocycles. The predicted octanol–water partition coefficient (Wildman–Crippen LogP) is 20.2. The molecule has 3 aromatic heterocycles. The summed E-state index contributed by atoms with van der Waals surface area (Å²) < 4.78 is 29.4. The molecule has 0 bridgehead atoms. The van der Waals surface area contributed by atoms with E-state index < -0.39 is 12.1 Å². The summed E-state index contributed by atoms with van der Waals surface area (Å²) in [7, 11) is 1.63. The lowest BCUT2D eigenvalue weighted by atomic mass is 9.96. The van der Waals surface area contributed by atoms with Gasteiger partial charge in [0.15, 0.2) is 31.3 Å². The number of pyridine rings is 2. The third-order valence-corrected chi connectivity index (χ3v) is 29.6. The molecule has 0 radical (unpaired) electrons. The quantitative estimate of drug-likeness (QED) is 0.00694. The minimum absolute atomic E-state index is 0.0825.